The number of halogens is 2. The van der Waals surface area contributed by atoms with E-state index in [9.17, 15) is 9.59 Å². The van der Waals surface area contributed by atoms with E-state index in [4.69, 9.17) is 23.2 Å². The van der Waals surface area contributed by atoms with Gasteiger partial charge in [0.05, 0.1) is 5.69 Å². The second-order valence-corrected chi connectivity index (χ2v) is 5.74. The zero-order valence-corrected chi connectivity index (χ0v) is 12.8. The third kappa shape index (κ3) is 2.91. The zero-order valence-electron chi connectivity index (χ0n) is 11.3. The third-order valence-corrected chi connectivity index (χ3v) is 3.72. The van der Waals surface area contributed by atoms with E-state index in [-0.39, 0.29) is 5.91 Å². The van der Waals surface area contributed by atoms with Crippen molar-refractivity contribution < 1.29 is 9.59 Å². The minimum atomic E-state index is -0.630. The Bertz CT molecular complexity index is 717. The van der Waals surface area contributed by atoms with Gasteiger partial charge in [-0.05, 0) is 29.8 Å². The zero-order chi connectivity index (χ0) is 15.7. The molecule has 1 fully saturated rings. The van der Waals surface area contributed by atoms with Crippen molar-refractivity contribution in [1.82, 2.24) is 10.3 Å². The van der Waals surface area contributed by atoms with Gasteiger partial charge in [-0.1, -0.05) is 29.3 Å². The first-order chi connectivity index (χ1) is 10.5. The minimum absolute atomic E-state index is 0.341. The first-order valence-electron chi connectivity index (χ1n) is 6.54. The molecule has 0 aliphatic carbocycles. The van der Waals surface area contributed by atoms with Gasteiger partial charge in [0.25, 0.3) is 5.91 Å². The van der Waals surface area contributed by atoms with Gasteiger partial charge in [-0.2, -0.15) is 0 Å². The Balaban J connectivity index is 1.85. The SMILES string of the molecule is O=C1NC(Cc2cccnc2)C(=O)N1c1cc(Cl)cc(Cl)c1. The molecule has 1 saturated heterocycles. The van der Waals surface area contributed by atoms with Crippen molar-refractivity contribution in [2.75, 3.05) is 4.90 Å². The Morgan fingerprint density at radius 2 is 1.91 bits per heavy atom. The quantitative estimate of drug-likeness (QED) is 0.877. The summed E-state index contributed by atoms with van der Waals surface area (Å²) in [5, 5.41) is 3.38. The molecule has 2 heterocycles. The van der Waals surface area contributed by atoms with Crippen LogP contribution in [0.1, 0.15) is 5.56 Å². The molecule has 1 aromatic heterocycles. The van der Waals surface area contributed by atoms with E-state index in [2.05, 4.69) is 10.3 Å². The van der Waals surface area contributed by atoms with Crippen molar-refractivity contribution in [3.63, 3.8) is 0 Å². The molecule has 1 atom stereocenters. The van der Waals surface area contributed by atoms with Crippen LogP contribution in [0, 0.1) is 0 Å². The molecule has 0 radical (unpaired) electrons. The number of anilines is 1. The van der Waals surface area contributed by atoms with E-state index in [1.807, 2.05) is 6.07 Å². The van der Waals surface area contributed by atoms with E-state index >= 15 is 0 Å². The van der Waals surface area contributed by atoms with Crippen LogP contribution >= 0.6 is 23.2 Å². The fraction of sp³-hybridized carbons (Fsp3) is 0.133. The van der Waals surface area contributed by atoms with Crippen LogP contribution in [0.5, 0.6) is 0 Å². The Morgan fingerprint density at radius 1 is 1.18 bits per heavy atom. The van der Waals surface area contributed by atoms with Crippen molar-refractivity contribution >= 4 is 40.8 Å². The van der Waals surface area contributed by atoms with Gasteiger partial charge in [0, 0.05) is 28.9 Å². The highest BCUT2D eigenvalue weighted by atomic mass is 35.5. The number of carbonyl (C=O) groups is 2. The molecular formula is C15H11Cl2N3O2. The summed E-state index contributed by atoms with van der Waals surface area (Å²) in [4.78, 5) is 29.6. The second kappa shape index (κ2) is 5.94. The number of nitrogens with zero attached hydrogens (tertiary/aromatic N) is 2. The first-order valence-corrected chi connectivity index (χ1v) is 7.29. The number of hydrogen-bond donors (Lipinski definition) is 1. The van der Waals surface area contributed by atoms with Gasteiger partial charge in [0.2, 0.25) is 0 Å². The van der Waals surface area contributed by atoms with Crippen molar-refractivity contribution in [3.05, 3.63) is 58.3 Å². The van der Waals surface area contributed by atoms with Gasteiger partial charge in [0.1, 0.15) is 6.04 Å². The maximum absolute atomic E-state index is 12.5. The van der Waals surface area contributed by atoms with Crippen LogP contribution < -0.4 is 10.2 Å². The average Bonchev–Trinajstić information content (AvgIpc) is 2.73. The first kappa shape index (κ1) is 14.8. The highest BCUT2D eigenvalue weighted by Crippen LogP contribution is 2.28. The van der Waals surface area contributed by atoms with Crippen molar-refractivity contribution in [2.45, 2.75) is 12.5 Å². The van der Waals surface area contributed by atoms with E-state index in [1.54, 1.807) is 18.5 Å². The van der Waals surface area contributed by atoms with Crippen LogP contribution in [0.15, 0.2) is 42.7 Å². The summed E-state index contributed by atoms with van der Waals surface area (Å²) >= 11 is 11.9. The number of imide groups is 1. The Labute approximate surface area is 136 Å². The van der Waals surface area contributed by atoms with Gasteiger partial charge >= 0.3 is 6.03 Å². The molecule has 1 aromatic carbocycles. The van der Waals surface area contributed by atoms with Gasteiger partial charge in [-0.3, -0.25) is 9.78 Å². The molecule has 0 spiro atoms. The van der Waals surface area contributed by atoms with Gasteiger partial charge in [0.15, 0.2) is 0 Å². The summed E-state index contributed by atoms with van der Waals surface area (Å²) in [6.07, 6.45) is 3.69. The van der Waals surface area contributed by atoms with E-state index in [0.29, 0.717) is 22.2 Å². The Hall–Kier alpha value is -2.11. The molecule has 1 N–H and O–H groups in total. The highest BCUT2D eigenvalue weighted by Gasteiger charge is 2.39. The lowest BCUT2D eigenvalue weighted by atomic mass is 10.1. The molecule has 1 aliphatic rings. The molecule has 1 aliphatic heterocycles. The standard InChI is InChI=1S/C15H11Cl2N3O2/c16-10-5-11(17)7-12(6-10)20-14(21)13(19-15(20)22)4-9-2-1-3-18-8-9/h1-3,5-8,13H,4H2,(H,19,22). The number of benzene rings is 1. The second-order valence-electron chi connectivity index (χ2n) is 4.87. The summed E-state index contributed by atoms with van der Waals surface area (Å²) in [6, 6.07) is 7.11. The largest absolute Gasteiger partial charge is 0.329 e. The number of hydrogen-bond acceptors (Lipinski definition) is 3. The molecule has 3 amide bonds. The molecule has 112 valence electrons. The maximum Gasteiger partial charge on any atom is 0.329 e. The predicted molar refractivity (Wildman–Crippen MR) is 84.2 cm³/mol. The van der Waals surface area contributed by atoms with Gasteiger partial charge < -0.3 is 5.32 Å². The van der Waals surface area contributed by atoms with Gasteiger partial charge in [-0.25, -0.2) is 9.69 Å². The average molecular weight is 336 g/mol. The van der Waals surface area contributed by atoms with Crippen LogP contribution in [-0.4, -0.2) is 23.0 Å². The van der Waals surface area contributed by atoms with Crippen LogP contribution in [0.3, 0.4) is 0 Å². The number of pyridine rings is 1. The summed E-state index contributed by atoms with van der Waals surface area (Å²) < 4.78 is 0. The molecule has 0 bridgehead atoms. The summed E-state index contributed by atoms with van der Waals surface area (Å²) in [7, 11) is 0. The number of carbonyl (C=O) groups excluding carboxylic acids is 2. The number of nitrogens with one attached hydrogen (secondary N) is 1. The molecular weight excluding hydrogens is 325 g/mol. The van der Waals surface area contributed by atoms with Crippen LogP contribution in [0.25, 0.3) is 0 Å². The molecule has 5 nitrogen and oxygen atoms in total. The normalized spacial score (nSPS) is 17.7. The number of rotatable bonds is 3. The Morgan fingerprint density at radius 3 is 2.55 bits per heavy atom. The molecule has 3 rings (SSSR count). The number of amides is 3. The fourth-order valence-electron chi connectivity index (χ4n) is 2.34. The lowest BCUT2D eigenvalue weighted by Crippen LogP contribution is -2.32. The summed E-state index contributed by atoms with van der Waals surface area (Å²) in [5.74, 6) is -0.341. The van der Waals surface area contributed by atoms with E-state index < -0.39 is 12.1 Å². The lowest BCUT2D eigenvalue weighted by Gasteiger charge is -2.14. The fourth-order valence-corrected chi connectivity index (χ4v) is 2.85. The van der Waals surface area contributed by atoms with E-state index in [0.717, 1.165) is 10.5 Å². The van der Waals surface area contributed by atoms with Crippen molar-refractivity contribution in [3.8, 4) is 0 Å². The third-order valence-electron chi connectivity index (χ3n) is 3.29. The number of urea groups is 1. The molecule has 2 aromatic rings. The Kier molecular flexibility index (Phi) is 4.00. The van der Waals surface area contributed by atoms with Crippen molar-refractivity contribution in [2.24, 2.45) is 0 Å². The summed E-state index contributed by atoms with van der Waals surface area (Å²) in [6.45, 7) is 0. The van der Waals surface area contributed by atoms with Gasteiger partial charge in [-0.15, -0.1) is 0 Å². The monoisotopic (exact) mass is 335 g/mol. The predicted octanol–water partition coefficient (Wildman–Crippen LogP) is 3.06. The lowest BCUT2D eigenvalue weighted by molar-refractivity contribution is -0.118. The topological polar surface area (TPSA) is 62.3 Å². The smallest absolute Gasteiger partial charge is 0.325 e. The summed E-state index contributed by atoms with van der Waals surface area (Å²) in [5.41, 5.74) is 1.22. The number of aromatic nitrogens is 1. The highest BCUT2D eigenvalue weighted by molar-refractivity contribution is 6.35. The minimum Gasteiger partial charge on any atom is -0.325 e. The van der Waals surface area contributed by atoms with Crippen LogP contribution in [-0.2, 0) is 11.2 Å². The maximum atomic E-state index is 12.5. The van der Waals surface area contributed by atoms with Crippen LogP contribution in [0.4, 0.5) is 10.5 Å². The molecule has 1 unspecified atom stereocenters. The molecule has 22 heavy (non-hydrogen) atoms. The molecule has 0 saturated carbocycles. The van der Waals surface area contributed by atoms with E-state index in [1.165, 1.54) is 18.2 Å². The van der Waals surface area contributed by atoms with Crippen LogP contribution in [0.2, 0.25) is 10.0 Å². The molecule has 7 heteroatoms. The van der Waals surface area contributed by atoms with Crippen molar-refractivity contribution in [1.29, 1.82) is 0 Å².